The third-order valence-electron chi connectivity index (χ3n) is 14.9. The number of unbranched alkanes of at least 4 members (excludes halogenated alkanes) is 34. The molecule has 0 aliphatic heterocycles. The fourth-order valence-electron chi connectivity index (χ4n) is 9.66. The molecule has 0 aliphatic rings. The summed E-state index contributed by atoms with van der Waals surface area (Å²) in [5.74, 6) is -2.00. The molecule has 0 saturated heterocycles. The van der Waals surface area contributed by atoms with Gasteiger partial charge in [-0.05, 0) is 89.9 Å². The van der Waals surface area contributed by atoms with E-state index in [0.29, 0.717) is 17.4 Å². The molecule has 1 N–H and O–H groups in total. The molecule has 0 saturated carbocycles. The van der Waals surface area contributed by atoms with Gasteiger partial charge in [-0.1, -0.05) is 285 Å². The van der Waals surface area contributed by atoms with E-state index in [2.05, 4.69) is 98.9 Å². The molecule has 474 valence electrons. The minimum Gasteiger partial charge on any atom is -0.477 e. The van der Waals surface area contributed by atoms with Crippen molar-refractivity contribution in [3.63, 3.8) is 0 Å². The quantitative estimate of drug-likeness (QED) is 0.0211. The van der Waals surface area contributed by atoms with E-state index in [1.54, 1.807) is 0 Å². The second-order valence-electron chi connectivity index (χ2n) is 24.1. The van der Waals surface area contributed by atoms with Crippen LogP contribution in [0.4, 0.5) is 0 Å². The Hall–Kier alpha value is -3.53. The highest BCUT2D eigenvalue weighted by atomic mass is 16.7. The summed E-state index contributed by atoms with van der Waals surface area (Å²) in [4.78, 5) is 37.5. The summed E-state index contributed by atoms with van der Waals surface area (Å²) in [7, 11) is 5.98. The summed E-state index contributed by atoms with van der Waals surface area (Å²) in [5, 5.41) is 9.73. The monoisotopic (exact) mass is 1150 g/mol. The lowest BCUT2D eigenvalue weighted by Gasteiger charge is -2.25. The molecule has 0 amide bonds. The second kappa shape index (κ2) is 63.5. The van der Waals surface area contributed by atoms with Crippen molar-refractivity contribution in [2.75, 3.05) is 47.5 Å². The van der Waals surface area contributed by atoms with Crippen LogP contribution in [0.15, 0.2) is 85.1 Å². The number of hydrogen-bond donors (Lipinski definition) is 1. The van der Waals surface area contributed by atoms with Gasteiger partial charge in [0.15, 0.2) is 6.10 Å². The van der Waals surface area contributed by atoms with Crippen LogP contribution in [0.25, 0.3) is 0 Å². The summed E-state index contributed by atoms with van der Waals surface area (Å²) >= 11 is 0. The normalized spacial score (nSPS) is 13.2. The van der Waals surface area contributed by atoms with Crippen LogP contribution in [0.5, 0.6) is 0 Å². The van der Waals surface area contributed by atoms with Gasteiger partial charge in [-0.2, -0.15) is 0 Å². The van der Waals surface area contributed by atoms with Gasteiger partial charge in [0.1, 0.15) is 13.2 Å². The summed E-state index contributed by atoms with van der Waals surface area (Å²) in [5.41, 5.74) is 0. The molecule has 82 heavy (non-hydrogen) atoms. The number of hydrogen-bond acceptors (Lipinski definition) is 7. The number of quaternary nitrogens is 1. The van der Waals surface area contributed by atoms with Crippen molar-refractivity contribution < 1.29 is 42.9 Å². The Morgan fingerprint density at radius 2 is 0.695 bits per heavy atom. The van der Waals surface area contributed by atoms with Crippen molar-refractivity contribution in [2.24, 2.45) is 0 Å². The number of ether oxygens (including phenoxy) is 4. The molecule has 0 aromatic carbocycles. The van der Waals surface area contributed by atoms with Gasteiger partial charge >= 0.3 is 17.9 Å². The molecule has 0 aromatic rings. The number of carboxylic acids is 1. The highest BCUT2D eigenvalue weighted by Crippen LogP contribution is 2.17. The molecule has 0 spiro atoms. The van der Waals surface area contributed by atoms with Gasteiger partial charge in [-0.25, -0.2) is 4.79 Å². The van der Waals surface area contributed by atoms with Gasteiger partial charge in [0.2, 0.25) is 0 Å². The van der Waals surface area contributed by atoms with E-state index in [9.17, 15) is 19.5 Å². The van der Waals surface area contributed by atoms with Crippen molar-refractivity contribution in [1.82, 2.24) is 0 Å². The first-order valence-electron chi connectivity index (χ1n) is 34.3. The molecule has 2 unspecified atom stereocenters. The number of likely N-dealkylation sites (N-methyl/N-ethyl adjacent to an activating group) is 1. The van der Waals surface area contributed by atoms with Crippen molar-refractivity contribution in [2.45, 2.75) is 315 Å². The maximum atomic E-state index is 12.9. The minimum atomic E-state index is -1.51. The summed E-state index contributed by atoms with van der Waals surface area (Å²) in [6.07, 6.45) is 82.7. The zero-order valence-corrected chi connectivity index (χ0v) is 54.1. The number of nitrogens with zero attached hydrogens (tertiary/aromatic N) is 1. The number of carbonyl (C=O) groups is 3. The Morgan fingerprint density at radius 1 is 0.378 bits per heavy atom. The van der Waals surface area contributed by atoms with Crippen LogP contribution >= 0.6 is 0 Å². The Labute approximate surface area is 506 Å². The predicted molar refractivity (Wildman–Crippen MR) is 350 cm³/mol. The minimum absolute atomic E-state index is 0.183. The molecule has 0 rings (SSSR count). The van der Waals surface area contributed by atoms with E-state index >= 15 is 0 Å². The van der Waals surface area contributed by atoms with Crippen LogP contribution in [0.2, 0.25) is 0 Å². The van der Waals surface area contributed by atoms with Crippen LogP contribution in [0.3, 0.4) is 0 Å². The summed E-state index contributed by atoms with van der Waals surface area (Å²) < 4.78 is 22.9. The first kappa shape index (κ1) is 78.5. The molecule has 0 aromatic heterocycles. The third-order valence-corrected chi connectivity index (χ3v) is 14.9. The molecular weight excluding hydrogens is 1020 g/mol. The Kier molecular flexibility index (Phi) is 60.8. The maximum Gasteiger partial charge on any atom is 0.361 e. The van der Waals surface area contributed by atoms with E-state index in [-0.39, 0.29) is 32.2 Å². The van der Waals surface area contributed by atoms with Gasteiger partial charge < -0.3 is 28.5 Å². The summed E-state index contributed by atoms with van der Waals surface area (Å²) in [6, 6.07) is 0. The lowest BCUT2D eigenvalue weighted by atomic mass is 10.0. The number of allylic oxidation sites excluding steroid dienone is 14. The molecular formula is C73H130NO8+. The zero-order chi connectivity index (χ0) is 59.8. The lowest BCUT2D eigenvalue weighted by Crippen LogP contribution is -2.40. The number of carbonyl (C=O) groups excluding carboxylic acids is 2. The van der Waals surface area contributed by atoms with Gasteiger partial charge in [0.25, 0.3) is 6.29 Å². The first-order valence-corrected chi connectivity index (χ1v) is 34.3. The van der Waals surface area contributed by atoms with Gasteiger partial charge in [0.05, 0.1) is 34.4 Å². The van der Waals surface area contributed by atoms with E-state index < -0.39 is 24.3 Å². The fraction of sp³-hybridized carbons (Fsp3) is 0.767. The molecule has 9 heteroatoms. The van der Waals surface area contributed by atoms with E-state index in [4.69, 9.17) is 18.9 Å². The van der Waals surface area contributed by atoms with Crippen LogP contribution in [0.1, 0.15) is 303 Å². The van der Waals surface area contributed by atoms with E-state index in [1.807, 2.05) is 21.1 Å². The molecule has 0 bridgehead atoms. The predicted octanol–water partition coefficient (Wildman–Crippen LogP) is 21.1. The molecule has 0 radical (unpaired) electrons. The van der Waals surface area contributed by atoms with Crippen LogP contribution < -0.4 is 0 Å². The Morgan fingerprint density at radius 3 is 1.05 bits per heavy atom. The fourth-order valence-corrected chi connectivity index (χ4v) is 9.66. The molecule has 2 atom stereocenters. The average Bonchev–Trinajstić information content (AvgIpc) is 3.45. The van der Waals surface area contributed by atoms with Crippen LogP contribution in [0, 0.1) is 0 Å². The average molecular weight is 1150 g/mol. The summed E-state index contributed by atoms with van der Waals surface area (Å²) in [6.45, 7) is 4.79. The van der Waals surface area contributed by atoms with Gasteiger partial charge in [0, 0.05) is 12.8 Å². The molecule has 0 fully saturated rings. The third kappa shape index (κ3) is 64.0. The SMILES string of the molecule is CC/C=C\C/C=C\C/C=C\C/C=C\C/C=C\C/C=C\CCCCCCCCCCCCCCCCCCCCCCC(=O)OC(COC(=O)CCCCCCCCC/C=C\CCCCCCCCC)COC(OCC[N+](C)(C)C)C(=O)O. The van der Waals surface area contributed by atoms with Crippen molar-refractivity contribution in [1.29, 1.82) is 0 Å². The zero-order valence-electron chi connectivity index (χ0n) is 54.1. The maximum absolute atomic E-state index is 12.9. The molecule has 0 aliphatic carbocycles. The smallest absolute Gasteiger partial charge is 0.361 e. The first-order chi connectivity index (χ1) is 40.1. The topological polar surface area (TPSA) is 108 Å². The second-order valence-corrected chi connectivity index (χ2v) is 24.1. The van der Waals surface area contributed by atoms with Gasteiger partial charge in [-0.3, -0.25) is 9.59 Å². The lowest BCUT2D eigenvalue weighted by molar-refractivity contribution is -0.870. The Balaban J connectivity index is 4.02. The standard InChI is InChI=1S/C73H129NO8/c1-6-8-10-12-14-16-18-20-22-24-26-27-28-29-30-31-32-33-34-35-36-37-38-39-40-41-42-43-44-45-46-48-50-52-54-56-58-60-62-64-71(76)82-69(68-81-73(72(77)78)79-66-65-74(3,4)5)67-80-70(75)63-61-59-57-55-53-51-49-47-25-23-21-19-17-15-13-11-9-7-2/h8,10,14,16,20,22-23,25-27,29-30,32-33,69,73H,6-7,9,11-13,15,17-19,21,24,28,31,34-68H2,1-5H3/p+1/b10-8-,16-14-,22-20-,25-23-,27-26-,30-29-,33-32-. The van der Waals surface area contributed by atoms with Crippen molar-refractivity contribution in [3.8, 4) is 0 Å². The highest BCUT2D eigenvalue weighted by Gasteiger charge is 2.25. The number of aliphatic carboxylic acids is 1. The number of carboxylic acid groups (broad SMARTS) is 1. The molecule has 0 heterocycles. The number of esters is 2. The largest absolute Gasteiger partial charge is 0.477 e. The molecule has 9 nitrogen and oxygen atoms in total. The highest BCUT2D eigenvalue weighted by molar-refractivity contribution is 5.71. The van der Waals surface area contributed by atoms with E-state index in [0.717, 1.165) is 77.0 Å². The Bertz CT molecular complexity index is 1620. The van der Waals surface area contributed by atoms with Crippen molar-refractivity contribution in [3.05, 3.63) is 85.1 Å². The van der Waals surface area contributed by atoms with Crippen LogP contribution in [-0.4, -0.2) is 87.4 Å². The number of rotatable bonds is 63. The van der Waals surface area contributed by atoms with E-state index in [1.165, 1.54) is 199 Å². The van der Waals surface area contributed by atoms with Gasteiger partial charge in [-0.15, -0.1) is 0 Å². The van der Waals surface area contributed by atoms with Crippen LogP contribution in [-0.2, 0) is 33.3 Å². The van der Waals surface area contributed by atoms with Crippen molar-refractivity contribution >= 4 is 17.9 Å².